The van der Waals surface area contributed by atoms with Gasteiger partial charge in [0.15, 0.2) is 0 Å². The molecule has 1 aromatic heterocycles. The van der Waals surface area contributed by atoms with Gasteiger partial charge in [0.25, 0.3) is 0 Å². The van der Waals surface area contributed by atoms with Gasteiger partial charge in [0, 0.05) is 18.3 Å². The Hall–Kier alpha value is -1.38. The molecule has 0 saturated heterocycles. The molecule has 92 valence electrons. The van der Waals surface area contributed by atoms with Gasteiger partial charge < -0.3 is 5.11 Å². The second-order valence-corrected chi connectivity index (χ2v) is 5.38. The van der Waals surface area contributed by atoms with Crippen LogP contribution in [0.4, 0.5) is 0 Å². The summed E-state index contributed by atoms with van der Waals surface area (Å²) in [5, 5.41) is 9.51. The smallest absolute Gasteiger partial charge is 0.310 e. The third-order valence-electron chi connectivity index (χ3n) is 3.93. The van der Waals surface area contributed by atoms with Crippen molar-refractivity contribution in [3.05, 3.63) is 29.6 Å². The Labute approximate surface area is 102 Å². The fraction of sp³-hybridized carbons (Fsp3) is 0.571. The Morgan fingerprint density at radius 3 is 2.94 bits per heavy atom. The van der Waals surface area contributed by atoms with E-state index in [4.69, 9.17) is 0 Å². The second-order valence-electron chi connectivity index (χ2n) is 5.38. The highest BCUT2D eigenvalue weighted by molar-refractivity contribution is 5.75. The molecule has 1 saturated carbocycles. The first-order valence-electron chi connectivity index (χ1n) is 6.17. The third kappa shape index (κ3) is 2.33. The van der Waals surface area contributed by atoms with Gasteiger partial charge in [-0.05, 0) is 43.7 Å². The Balaban J connectivity index is 2.26. The molecule has 1 aromatic rings. The summed E-state index contributed by atoms with van der Waals surface area (Å²) in [7, 11) is 0. The van der Waals surface area contributed by atoms with E-state index < -0.39 is 11.4 Å². The van der Waals surface area contributed by atoms with E-state index in [2.05, 4.69) is 11.9 Å². The van der Waals surface area contributed by atoms with Crippen molar-refractivity contribution in [1.29, 1.82) is 0 Å². The highest BCUT2D eigenvalue weighted by Gasteiger charge is 2.44. The lowest BCUT2D eigenvalue weighted by molar-refractivity contribution is -0.148. The van der Waals surface area contributed by atoms with Crippen LogP contribution in [-0.2, 0) is 11.2 Å². The van der Waals surface area contributed by atoms with Crippen molar-refractivity contribution in [2.24, 2.45) is 11.3 Å². The normalized spacial score (nSPS) is 28.2. The molecular weight excluding hydrogens is 214 g/mol. The number of hydrogen-bond acceptors (Lipinski definition) is 2. The van der Waals surface area contributed by atoms with Crippen LogP contribution in [0.5, 0.6) is 0 Å². The minimum Gasteiger partial charge on any atom is -0.481 e. The van der Waals surface area contributed by atoms with E-state index in [0.717, 1.165) is 30.5 Å². The highest BCUT2D eigenvalue weighted by Crippen LogP contribution is 2.44. The zero-order chi connectivity index (χ0) is 12.5. The number of carboxylic acid groups (broad SMARTS) is 1. The first-order valence-corrected chi connectivity index (χ1v) is 6.17. The number of carbonyl (C=O) groups is 1. The van der Waals surface area contributed by atoms with Crippen molar-refractivity contribution in [3.8, 4) is 0 Å². The number of nitrogens with zero attached hydrogens (tertiary/aromatic N) is 1. The summed E-state index contributed by atoms with van der Waals surface area (Å²) in [4.78, 5) is 15.9. The zero-order valence-electron chi connectivity index (χ0n) is 10.4. The summed E-state index contributed by atoms with van der Waals surface area (Å²) >= 11 is 0. The van der Waals surface area contributed by atoms with Crippen molar-refractivity contribution >= 4 is 5.97 Å². The summed E-state index contributed by atoms with van der Waals surface area (Å²) in [6.45, 7) is 4.13. The number of aliphatic carboxylic acids is 1. The molecule has 1 fully saturated rings. The van der Waals surface area contributed by atoms with E-state index in [0.29, 0.717) is 12.3 Å². The van der Waals surface area contributed by atoms with Gasteiger partial charge >= 0.3 is 5.97 Å². The molecule has 1 N–H and O–H groups in total. The maximum absolute atomic E-state index is 11.6. The molecule has 0 spiro atoms. The predicted octanol–water partition coefficient (Wildman–Crippen LogP) is 2.82. The molecule has 17 heavy (non-hydrogen) atoms. The van der Waals surface area contributed by atoms with Crippen LogP contribution in [0.15, 0.2) is 18.3 Å². The van der Waals surface area contributed by atoms with Crippen molar-refractivity contribution in [2.45, 2.75) is 39.5 Å². The first-order chi connectivity index (χ1) is 8.03. The average Bonchev–Trinajstić information content (AvgIpc) is 2.65. The molecule has 1 aliphatic rings. The summed E-state index contributed by atoms with van der Waals surface area (Å²) in [6, 6.07) is 3.89. The van der Waals surface area contributed by atoms with E-state index in [9.17, 15) is 9.90 Å². The van der Waals surface area contributed by atoms with Gasteiger partial charge in [-0.3, -0.25) is 9.78 Å². The Morgan fingerprint density at radius 1 is 1.65 bits per heavy atom. The van der Waals surface area contributed by atoms with Gasteiger partial charge in [-0.15, -0.1) is 0 Å². The van der Waals surface area contributed by atoms with Crippen LogP contribution < -0.4 is 0 Å². The molecule has 1 aliphatic carbocycles. The van der Waals surface area contributed by atoms with Gasteiger partial charge in [0.1, 0.15) is 0 Å². The summed E-state index contributed by atoms with van der Waals surface area (Å²) in [6.07, 6.45) is 4.88. The van der Waals surface area contributed by atoms with Crippen molar-refractivity contribution < 1.29 is 9.90 Å². The number of aryl methyl sites for hydroxylation is 1. The molecule has 0 bridgehead atoms. The minimum absolute atomic E-state index is 0.509. The van der Waals surface area contributed by atoms with Gasteiger partial charge in [0.05, 0.1) is 5.41 Å². The molecule has 2 rings (SSSR count). The standard InChI is InChI=1S/C14H19NO2/c1-10-5-6-14(8-10,13(16)17)9-12-11(2)4-3-7-15-12/h3-4,7,10H,5-6,8-9H2,1-2H3,(H,16,17). The average molecular weight is 233 g/mol. The molecule has 3 nitrogen and oxygen atoms in total. The van der Waals surface area contributed by atoms with Crippen LogP contribution in [0.3, 0.4) is 0 Å². The number of rotatable bonds is 3. The summed E-state index contributed by atoms with van der Waals surface area (Å²) < 4.78 is 0. The van der Waals surface area contributed by atoms with Gasteiger partial charge in [-0.2, -0.15) is 0 Å². The summed E-state index contributed by atoms with van der Waals surface area (Å²) in [5.74, 6) is -0.151. The van der Waals surface area contributed by atoms with Crippen LogP contribution in [0.1, 0.15) is 37.4 Å². The molecule has 0 aliphatic heterocycles. The van der Waals surface area contributed by atoms with Crippen LogP contribution in [0.2, 0.25) is 0 Å². The number of hydrogen-bond donors (Lipinski definition) is 1. The van der Waals surface area contributed by atoms with Crippen LogP contribution >= 0.6 is 0 Å². The van der Waals surface area contributed by atoms with E-state index >= 15 is 0 Å². The van der Waals surface area contributed by atoms with Gasteiger partial charge in [-0.25, -0.2) is 0 Å². The Bertz CT molecular complexity index is 430. The molecule has 3 heteroatoms. The van der Waals surface area contributed by atoms with E-state index in [1.54, 1.807) is 6.20 Å². The largest absolute Gasteiger partial charge is 0.481 e. The SMILES string of the molecule is Cc1cccnc1CC1(C(=O)O)CCC(C)C1. The molecule has 2 atom stereocenters. The lowest BCUT2D eigenvalue weighted by Crippen LogP contribution is -2.31. The topological polar surface area (TPSA) is 50.2 Å². The zero-order valence-corrected chi connectivity index (χ0v) is 10.4. The van der Waals surface area contributed by atoms with E-state index in [-0.39, 0.29) is 0 Å². The molecule has 0 amide bonds. The molecule has 1 heterocycles. The lowest BCUT2D eigenvalue weighted by Gasteiger charge is -2.24. The van der Waals surface area contributed by atoms with Gasteiger partial charge in [0.2, 0.25) is 0 Å². The minimum atomic E-state index is -0.660. The highest BCUT2D eigenvalue weighted by atomic mass is 16.4. The maximum atomic E-state index is 11.6. The van der Waals surface area contributed by atoms with Crippen molar-refractivity contribution in [3.63, 3.8) is 0 Å². The molecule has 0 aromatic carbocycles. The van der Waals surface area contributed by atoms with Crippen LogP contribution in [-0.4, -0.2) is 16.1 Å². The van der Waals surface area contributed by atoms with Crippen molar-refractivity contribution in [2.75, 3.05) is 0 Å². The second kappa shape index (κ2) is 4.47. The monoisotopic (exact) mass is 233 g/mol. The first kappa shape index (κ1) is 12.1. The number of pyridine rings is 1. The number of aromatic nitrogens is 1. The molecular formula is C14H19NO2. The fourth-order valence-electron chi connectivity index (χ4n) is 2.85. The lowest BCUT2D eigenvalue weighted by atomic mass is 9.80. The third-order valence-corrected chi connectivity index (χ3v) is 3.93. The van der Waals surface area contributed by atoms with Crippen LogP contribution in [0.25, 0.3) is 0 Å². The Kier molecular flexibility index (Phi) is 3.18. The molecule has 2 unspecified atom stereocenters. The predicted molar refractivity (Wildman–Crippen MR) is 65.8 cm³/mol. The quantitative estimate of drug-likeness (QED) is 0.873. The Morgan fingerprint density at radius 2 is 2.41 bits per heavy atom. The number of carboxylic acids is 1. The fourth-order valence-corrected chi connectivity index (χ4v) is 2.85. The van der Waals surface area contributed by atoms with Crippen LogP contribution in [0, 0.1) is 18.3 Å². The van der Waals surface area contributed by atoms with Gasteiger partial charge in [-0.1, -0.05) is 13.0 Å². The van der Waals surface area contributed by atoms with E-state index in [1.165, 1.54) is 0 Å². The molecule has 0 radical (unpaired) electrons. The van der Waals surface area contributed by atoms with Crippen molar-refractivity contribution in [1.82, 2.24) is 4.98 Å². The maximum Gasteiger partial charge on any atom is 0.310 e. The van der Waals surface area contributed by atoms with E-state index in [1.807, 2.05) is 19.1 Å². The summed E-state index contributed by atoms with van der Waals surface area (Å²) in [5.41, 5.74) is 1.44.